The molecular weight excluding hydrogens is 432 g/mol. The number of amides is 1. The van der Waals surface area contributed by atoms with Crippen LogP contribution in [0.4, 0.5) is 11.6 Å². The third-order valence-corrected chi connectivity index (χ3v) is 5.70. The van der Waals surface area contributed by atoms with Gasteiger partial charge in [-0.05, 0) is 49.0 Å². The largest absolute Gasteiger partial charge is 0.496 e. The maximum Gasteiger partial charge on any atom is 0.239 e. The SMILES string of the molecule is COc1ccc2cc1CN(C)CCNC(=O)[C@H](CO)NCc1cccc(c1)Nc1nccc-2n1. The number of methoxy groups -OCH3 is 1. The molecule has 2 heterocycles. The number of carbonyl (C=O) groups excluding carboxylic acids is 1. The molecule has 0 fully saturated rings. The Bertz CT molecular complexity index is 1140. The molecule has 4 N–H and O–H groups in total. The van der Waals surface area contributed by atoms with Gasteiger partial charge in [0.15, 0.2) is 0 Å². The fraction of sp³-hybridized carbons (Fsp3) is 0.320. The summed E-state index contributed by atoms with van der Waals surface area (Å²) in [6.07, 6.45) is 1.73. The second-order valence-corrected chi connectivity index (χ2v) is 8.26. The van der Waals surface area contributed by atoms with Crippen LogP contribution in [0.3, 0.4) is 0 Å². The molecule has 0 saturated carbocycles. The normalized spacial score (nSPS) is 17.5. The Labute approximate surface area is 199 Å². The minimum Gasteiger partial charge on any atom is -0.496 e. The van der Waals surface area contributed by atoms with Crippen molar-refractivity contribution in [2.75, 3.05) is 39.2 Å². The predicted molar refractivity (Wildman–Crippen MR) is 131 cm³/mol. The van der Waals surface area contributed by atoms with E-state index in [2.05, 4.69) is 31.9 Å². The minimum atomic E-state index is -0.694. The molecular formula is C25H30N6O3. The van der Waals surface area contributed by atoms with Crippen molar-refractivity contribution >= 4 is 17.5 Å². The summed E-state index contributed by atoms with van der Waals surface area (Å²) in [5.41, 5.74) is 4.58. The smallest absolute Gasteiger partial charge is 0.239 e. The monoisotopic (exact) mass is 462 g/mol. The summed E-state index contributed by atoms with van der Waals surface area (Å²) in [5, 5.41) is 19.0. The maximum atomic E-state index is 12.6. The number of aliphatic hydroxyl groups is 1. The lowest BCUT2D eigenvalue weighted by atomic mass is 10.1. The lowest BCUT2D eigenvalue weighted by molar-refractivity contribution is -0.124. The Balaban J connectivity index is 1.68. The average molecular weight is 463 g/mol. The highest BCUT2D eigenvalue weighted by Crippen LogP contribution is 2.27. The first kappa shape index (κ1) is 23.6. The van der Waals surface area contributed by atoms with Gasteiger partial charge in [0.1, 0.15) is 11.8 Å². The molecule has 4 rings (SSSR count). The Hall–Kier alpha value is -3.53. The van der Waals surface area contributed by atoms with Crippen LogP contribution in [0.5, 0.6) is 5.75 Å². The number of anilines is 2. The number of ether oxygens (including phenoxy) is 1. The van der Waals surface area contributed by atoms with E-state index >= 15 is 0 Å². The molecule has 9 heteroatoms. The average Bonchev–Trinajstić information content (AvgIpc) is 2.84. The van der Waals surface area contributed by atoms with Crippen molar-refractivity contribution in [1.29, 1.82) is 0 Å². The van der Waals surface area contributed by atoms with Crippen molar-refractivity contribution in [1.82, 2.24) is 25.5 Å². The van der Waals surface area contributed by atoms with Crippen molar-refractivity contribution in [2.24, 2.45) is 0 Å². The lowest BCUT2D eigenvalue weighted by Gasteiger charge is -2.21. The predicted octanol–water partition coefficient (Wildman–Crippen LogP) is 1.91. The van der Waals surface area contributed by atoms with E-state index in [1.807, 2.05) is 49.5 Å². The van der Waals surface area contributed by atoms with Crippen LogP contribution in [0.15, 0.2) is 54.7 Å². The van der Waals surface area contributed by atoms with E-state index in [0.29, 0.717) is 32.1 Å². The number of likely N-dealkylation sites (N-methyl/N-ethyl adjacent to an activating group) is 1. The summed E-state index contributed by atoms with van der Waals surface area (Å²) in [6, 6.07) is 15.0. The van der Waals surface area contributed by atoms with E-state index in [0.717, 1.165) is 33.8 Å². The molecule has 0 saturated heterocycles. The first-order valence-electron chi connectivity index (χ1n) is 11.2. The number of hydrogen-bond donors (Lipinski definition) is 4. The van der Waals surface area contributed by atoms with E-state index in [1.165, 1.54) is 0 Å². The highest BCUT2D eigenvalue weighted by molar-refractivity contribution is 5.81. The zero-order chi connectivity index (χ0) is 23.9. The summed E-state index contributed by atoms with van der Waals surface area (Å²) in [4.78, 5) is 23.7. The van der Waals surface area contributed by atoms with Crippen molar-refractivity contribution < 1.29 is 14.6 Å². The summed E-state index contributed by atoms with van der Waals surface area (Å²) >= 11 is 0. The highest BCUT2D eigenvalue weighted by atomic mass is 16.5. The van der Waals surface area contributed by atoms with Gasteiger partial charge in [0, 0.05) is 49.2 Å². The van der Waals surface area contributed by atoms with E-state index in [1.54, 1.807) is 13.3 Å². The van der Waals surface area contributed by atoms with Gasteiger partial charge >= 0.3 is 0 Å². The number of benzene rings is 2. The molecule has 1 aliphatic heterocycles. The van der Waals surface area contributed by atoms with Gasteiger partial charge in [-0.25, -0.2) is 9.97 Å². The molecule has 2 aromatic carbocycles. The van der Waals surface area contributed by atoms with Gasteiger partial charge in [-0.1, -0.05) is 12.1 Å². The van der Waals surface area contributed by atoms with Crippen LogP contribution in [0.1, 0.15) is 11.1 Å². The molecule has 1 atom stereocenters. The summed E-state index contributed by atoms with van der Waals surface area (Å²) in [6.45, 7) is 1.88. The molecule has 0 aliphatic carbocycles. The number of nitrogens with zero attached hydrogens (tertiary/aromatic N) is 3. The van der Waals surface area contributed by atoms with Gasteiger partial charge in [0.2, 0.25) is 11.9 Å². The third-order valence-electron chi connectivity index (χ3n) is 5.70. The molecule has 1 aromatic heterocycles. The number of rotatable bonds is 2. The van der Waals surface area contributed by atoms with Crippen molar-refractivity contribution in [3.8, 4) is 17.0 Å². The fourth-order valence-electron chi connectivity index (χ4n) is 3.87. The second-order valence-electron chi connectivity index (χ2n) is 8.26. The Morgan fingerprint density at radius 1 is 1.21 bits per heavy atom. The summed E-state index contributed by atoms with van der Waals surface area (Å²) < 4.78 is 5.57. The van der Waals surface area contributed by atoms with E-state index < -0.39 is 6.04 Å². The number of aliphatic hydroxyl groups excluding tert-OH is 1. The third kappa shape index (κ3) is 5.88. The molecule has 0 unspecified atom stereocenters. The molecule has 3 aromatic rings. The van der Waals surface area contributed by atoms with Gasteiger partial charge < -0.3 is 25.4 Å². The highest BCUT2D eigenvalue weighted by Gasteiger charge is 2.17. The van der Waals surface area contributed by atoms with Crippen molar-refractivity contribution in [3.05, 3.63) is 65.9 Å². The number of nitrogens with one attached hydrogen (secondary N) is 3. The van der Waals surface area contributed by atoms with Crippen LogP contribution in [-0.4, -0.2) is 65.8 Å². The number of hydrogen-bond acceptors (Lipinski definition) is 8. The molecule has 1 aliphatic rings. The van der Waals surface area contributed by atoms with Crippen LogP contribution >= 0.6 is 0 Å². The second kappa shape index (κ2) is 11.1. The molecule has 178 valence electrons. The van der Waals surface area contributed by atoms with Gasteiger partial charge in [-0.3, -0.25) is 10.1 Å². The van der Waals surface area contributed by atoms with Crippen LogP contribution in [0, 0.1) is 0 Å². The van der Waals surface area contributed by atoms with Crippen LogP contribution in [-0.2, 0) is 17.9 Å². The minimum absolute atomic E-state index is 0.230. The molecule has 9 nitrogen and oxygen atoms in total. The Kier molecular flexibility index (Phi) is 7.69. The van der Waals surface area contributed by atoms with E-state index in [4.69, 9.17) is 9.72 Å². The number of fused-ring (bicyclic) bond motifs is 7. The fourth-order valence-corrected chi connectivity index (χ4v) is 3.87. The summed E-state index contributed by atoms with van der Waals surface area (Å²) in [5.74, 6) is 1.05. The van der Waals surface area contributed by atoms with Gasteiger partial charge in [0.25, 0.3) is 0 Å². The molecule has 6 bridgehead atoms. The van der Waals surface area contributed by atoms with E-state index in [9.17, 15) is 9.90 Å². The van der Waals surface area contributed by atoms with Crippen molar-refractivity contribution in [2.45, 2.75) is 19.1 Å². The van der Waals surface area contributed by atoms with Crippen LogP contribution in [0.2, 0.25) is 0 Å². The molecule has 1 amide bonds. The van der Waals surface area contributed by atoms with Gasteiger partial charge in [-0.2, -0.15) is 0 Å². The quantitative estimate of drug-likeness (QED) is 0.457. The van der Waals surface area contributed by atoms with Gasteiger partial charge in [0.05, 0.1) is 19.4 Å². The van der Waals surface area contributed by atoms with E-state index in [-0.39, 0.29) is 12.5 Å². The lowest BCUT2D eigenvalue weighted by Crippen LogP contribution is -2.47. The molecule has 34 heavy (non-hydrogen) atoms. The zero-order valence-corrected chi connectivity index (χ0v) is 19.4. The number of aromatic nitrogens is 2. The number of carbonyl (C=O) groups is 1. The maximum absolute atomic E-state index is 12.6. The molecule has 0 spiro atoms. The summed E-state index contributed by atoms with van der Waals surface area (Å²) in [7, 11) is 3.64. The first-order valence-corrected chi connectivity index (χ1v) is 11.2. The van der Waals surface area contributed by atoms with Crippen LogP contribution in [0.25, 0.3) is 11.3 Å². The topological polar surface area (TPSA) is 112 Å². The van der Waals surface area contributed by atoms with Gasteiger partial charge in [-0.15, -0.1) is 0 Å². The first-order chi connectivity index (χ1) is 16.6. The zero-order valence-electron chi connectivity index (χ0n) is 19.4. The van der Waals surface area contributed by atoms with Crippen molar-refractivity contribution in [3.63, 3.8) is 0 Å². The Morgan fingerprint density at radius 3 is 2.91 bits per heavy atom. The standard InChI is InChI=1S/C25H30N6O3/c1-31-11-10-26-24(33)22(16-32)28-14-17-4-3-5-20(12-17)29-25-27-9-8-21(30-25)18-6-7-23(34-2)19(13-18)15-31/h3-9,12-13,22,28,32H,10-11,14-16H2,1-2H3,(H,26,33)(H,27,29,30)/t22-/m0/s1. The Morgan fingerprint density at radius 2 is 2.09 bits per heavy atom. The van der Waals surface area contributed by atoms with Crippen LogP contribution < -0.4 is 20.7 Å². The molecule has 0 radical (unpaired) electrons.